The highest BCUT2D eigenvalue weighted by Gasteiger charge is 2.14. The Morgan fingerprint density at radius 1 is 1.07 bits per heavy atom. The van der Waals surface area contributed by atoms with Crippen molar-refractivity contribution in [3.05, 3.63) is 88.6 Å². The molecule has 1 aromatic heterocycles. The molecule has 0 aliphatic rings. The number of nitrogens with two attached hydrogens (primary N) is 1. The maximum absolute atomic E-state index is 12.9. The van der Waals surface area contributed by atoms with E-state index in [4.69, 9.17) is 19.7 Å². The minimum atomic E-state index is -0.803. The Balaban J connectivity index is 1.59. The van der Waals surface area contributed by atoms with Gasteiger partial charge in [0.05, 0.1) is 0 Å². The highest BCUT2D eigenvalue weighted by molar-refractivity contribution is 5.97. The number of nitrogens with zero attached hydrogens (tertiary/aromatic N) is 1. The summed E-state index contributed by atoms with van der Waals surface area (Å²) >= 11 is 0. The van der Waals surface area contributed by atoms with Gasteiger partial charge in [0.2, 0.25) is 5.76 Å². The van der Waals surface area contributed by atoms with Crippen LogP contribution in [0.2, 0.25) is 0 Å². The van der Waals surface area contributed by atoms with Crippen LogP contribution >= 0.6 is 0 Å². The third-order valence-electron chi connectivity index (χ3n) is 3.81. The van der Waals surface area contributed by atoms with Crippen molar-refractivity contribution in [2.24, 2.45) is 10.9 Å². The molecule has 0 unspecified atom stereocenters. The minimum Gasteiger partial charge on any atom is -0.486 e. The Labute approximate surface area is 161 Å². The molecule has 1 heterocycles. The van der Waals surface area contributed by atoms with Gasteiger partial charge in [0.25, 0.3) is 0 Å². The summed E-state index contributed by atoms with van der Waals surface area (Å²) in [4.78, 5) is 16.8. The largest absolute Gasteiger partial charge is 0.486 e. The lowest BCUT2D eigenvalue weighted by atomic mass is 10.1. The number of halogens is 1. The predicted octanol–water partition coefficient (Wildman–Crippen LogP) is 4.09. The molecule has 0 bridgehead atoms. The summed E-state index contributed by atoms with van der Waals surface area (Å²) in [5.41, 5.74) is 8.33. The lowest BCUT2D eigenvalue weighted by Crippen LogP contribution is -2.15. The molecule has 0 atom stereocenters. The van der Waals surface area contributed by atoms with Crippen molar-refractivity contribution in [3.8, 4) is 5.75 Å². The van der Waals surface area contributed by atoms with E-state index >= 15 is 0 Å². The third-order valence-corrected chi connectivity index (χ3v) is 3.81. The molecule has 6 nitrogen and oxygen atoms in total. The van der Waals surface area contributed by atoms with Crippen molar-refractivity contribution in [2.45, 2.75) is 20.5 Å². The van der Waals surface area contributed by atoms with Crippen LogP contribution < -0.4 is 10.5 Å². The second-order valence-electron chi connectivity index (χ2n) is 6.24. The van der Waals surface area contributed by atoms with Gasteiger partial charge in [0.1, 0.15) is 23.9 Å². The molecule has 0 spiro atoms. The Morgan fingerprint density at radius 2 is 1.75 bits per heavy atom. The number of aryl methyl sites for hydroxylation is 2. The molecule has 28 heavy (non-hydrogen) atoms. The second-order valence-corrected chi connectivity index (χ2v) is 6.24. The average Bonchev–Trinajstić information content (AvgIpc) is 3.13. The van der Waals surface area contributed by atoms with Crippen LogP contribution in [0.4, 0.5) is 4.39 Å². The fourth-order valence-electron chi connectivity index (χ4n) is 2.54. The predicted molar refractivity (Wildman–Crippen MR) is 101 cm³/mol. The van der Waals surface area contributed by atoms with Gasteiger partial charge in [-0.05, 0) is 73.5 Å². The SMILES string of the molecule is Cc1cc(C)cc(OCc2ccc(C(=O)O/N=C(\N)c3ccc(F)cc3)o2)c1. The Bertz CT molecular complexity index is 989. The molecule has 0 amide bonds. The number of oxime groups is 1. The van der Waals surface area contributed by atoms with Crippen molar-refractivity contribution < 1.29 is 23.2 Å². The molecule has 2 aromatic carbocycles. The van der Waals surface area contributed by atoms with Crippen LogP contribution in [0.15, 0.2) is 64.2 Å². The Kier molecular flexibility index (Phi) is 5.74. The molecule has 3 aromatic rings. The van der Waals surface area contributed by atoms with Gasteiger partial charge < -0.3 is 19.7 Å². The summed E-state index contributed by atoms with van der Waals surface area (Å²) in [6.07, 6.45) is 0. The number of furan rings is 1. The fourth-order valence-corrected chi connectivity index (χ4v) is 2.54. The summed E-state index contributed by atoms with van der Waals surface area (Å²) < 4.78 is 24.0. The van der Waals surface area contributed by atoms with Gasteiger partial charge in [0, 0.05) is 5.56 Å². The molecule has 0 fully saturated rings. The number of amidine groups is 1. The highest BCUT2D eigenvalue weighted by Crippen LogP contribution is 2.18. The maximum atomic E-state index is 12.9. The quantitative estimate of drug-likeness (QED) is 0.300. The summed E-state index contributed by atoms with van der Waals surface area (Å²) in [6, 6.07) is 14.3. The molecule has 2 N–H and O–H groups in total. The normalized spacial score (nSPS) is 11.3. The van der Waals surface area contributed by atoms with Crippen LogP contribution in [0.5, 0.6) is 5.75 Å². The summed E-state index contributed by atoms with van der Waals surface area (Å²) in [5.74, 6) is -0.119. The van der Waals surface area contributed by atoms with E-state index in [1.54, 1.807) is 6.07 Å². The molecule has 7 heteroatoms. The van der Waals surface area contributed by atoms with Crippen molar-refractivity contribution in [1.82, 2.24) is 0 Å². The average molecular weight is 382 g/mol. The van der Waals surface area contributed by atoms with E-state index in [1.165, 1.54) is 30.3 Å². The molecular formula is C21H19FN2O4. The van der Waals surface area contributed by atoms with Crippen LogP contribution in [0, 0.1) is 19.7 Å². The van der Waals surface area contributed by atoms with Gasteiger partial charge in [-0.1, -0.05) is 11.2 Å². The zero-order valence-electron chi connectivity index (χ0n) is 15.4. The first-order valence-electron chi connectivity index (χ1n) is 8.51. The first-order valence-corrected chi connectivity index (χ1v) is 8.51. The van der Waals surface area contributed by atoms with E-state index < -0.39 is 11.8 Å². The van der Waals surface area contributed by atoms with Crippen molar-refractivity contribution in [1.29, 1.82) is 0 Å². The summed E-state index contributed by atoms with van der Waals surface area (Å²) in [7, 11) is 0. The van der Waals surface area contributed by atoms with E-state index in [0.29, 0.717) is 11.3 Å². The van der Waals surface area contributed by atoms with Crippen LogP contribution in [0.3, 0.4) is 0 Å². The molecule has 3 rings (SSSR count). The monoisotopic (exact) mass is 382 g/mol. The van der Waals surface area contributed by atoms with Gasteiger partial charge in [0.15, 0.2) is 5.84 Å². The Hall–Kier alpha value is -3.61. The molecule has 0 saturated carbocycles. The number of rotatable bonds is 6. The standard InChI is InChI=1S/C21H19FN2O4/c1-13-9-14(2)11-18(10-13)26-12-17-7-8-19(27-17)21(25)28-24-20(23)15-3-5-16(22)6-4-15/h3-11H,12H2,1-2H3,(H2,23,24). The Morgan fingerprint density at radius 3 is 2.43 bits per heavy atom. The minimum absolute atomic E-state index is 0.0327. The van der Waals surface area contributed by atoms with Crippen LogP contribution in [0.25, 0.3) is 0 Å². The zero-order valence-corrected chi connectivity index (χ0v) is 15.4. The number of benzene rings is 2. The van der Waals surface area contributed by atoms with Gasteiger partial charge in [-0.15, -0.1) is 0 Å². The first kappa shape index (κ1) is 19.2. The van der Waals surface area contributed by atoms with Crippen LogP contribution in [-0.2, 0) is 11.4 Å². The number of ether oxygens (including phenoxy) is 1. The number of carbonyl (C=O) groups excluding carboxylic acids is 1. The lowest BCUT2D eigenvalue weighted by molar-refractivity contribution is 0.0475. The van der Waals surface area contributed by atoms with E-state index in [1.807, 2.05) is 32.0 Å². The molecule has 0 saturated heterocycles. The number of hydrogen-bond acceptors (Lipinski definition) is 5. The first-order chi connectivity index (χ1) is 13.4. The van der Waals surface area contributed by atoms with Gasteiger partial charge >= 0.3 is 5.97 Å². The number of carbonyl (C=O) groups is 1. The molecule has 144 valence electrons. The van der Waals surface area contributed by atoms with E-state index in [9.17, 15) is 9.18 Å². The van der Waals surface area contributed by atoms with Gasteiger partial charge in [-0.25, -0.2) is 9.18 Å². The topological polar surface area (TPSA) is 87.0 Å². The lowest BCUT2D eigenvalue weighted by Gasteiger charge is -2.06. The smallest absolute Gasteiger partial charge is 0.400 e. The number of hydrogen-bond donors (Lipinski definition) is 1. The second kappa shape index (κ2) is 8.39. The zero-order chi connectivity index (χ0) is 20.1. The molecule has 0 aliphatic carbocycles. The third kappa shape index (κ3) is 4.97. The molecular weight excluding hydrogens is 363 g/mol. The van der Waals surface area contributed by atoms with E-state index in [2.05, 4.69) is 5.16 Å². The van der Waals surface area contributed by atoms with Gasteiger partial charge in [-0.2, -0.15) is 0 Å². The fraction of sp³-hybridized carbons (Fsp3) is 0.143. The van der Waals surface area contributed by atoms with E-state index in [-0.39, 0.29) is 18.2 Å². The van der Waals surface area contributed by atoms with Crippen LogP contribution in [0.1, 0.15) is 33.0 Å². The van der Waals surface area contributed by atoms with Gasteiger partial charge in [-0.3, -0.25) is 0 Å². The molecule has 0 aliphatic heterocycles. The summed E-state index contributed by atoms with van der Waals surface area (Å²) in [5, 5.41) is 3.55. The van der Waals surface area contributed by atoms with Crippen LogP contribution in [-0.4, -0.2) is 11.8 Å². The van der Waals surface area contributed by atoms with Crippen molar-refractivity contribution in [3.63, 3.8) is 0 Å². The maximum Gasteiger partial charge on any atom is 0.400 e. The van der Waals surface area contributed by atoms with E-state index in [0.717, 1.165) is 16.9 Å². The molecule has 0 radical (unpaired) electrons. The highest BCUT2D eigenvalue weighted by atomic mass is 19.1. The van der Waals surface area contributed by atoms with Crippen molar-refractivity contribution >= 4 is 11.8 Å². The van der Waals surface area contributed by atoms with Crippen molar-refractivity contribution in [2.75, 3.05) is 0 Å². The summed E-state index contributed by atoms with van der Waals surface area (Å²) in [6.45, 7) is 4.13.